The third kappa shape index (κ3) is 3.00. The molecule has 3 atom stereocenters. The molecule has 3 rings (SSSR count). The van der Waals surface area contributed by atoms with E-state index < -0.39 is 18.0 Å². The molecule has 0 saturated carbocycles. The normalized spacial score (nSPS) is 34.0. The van der Waals surface area contributed by atoms with Crippen LogP contribution in [-0.2, 0) is 19.1 Å². The van der Waals surface area contributed by atoms with E-state index in [4.69, 9.17) is 9.47 Å². The predicted octanol–water partition coefficient (Wildman–Crippen LogP) is 1.15. The summed E-state index contributed by atoms with van der Waals surface area (Å²) >= 11 is 0. The molecule has 0 amide bonds. The number of allylic oxidation sites excluding steroid dienone is 1. The summed E-state index contributed by atoms with van der Waals surface area (Å²) in [4.78, 5) is 26.7. The topological polar surface area (TPSA) is 76.1 Å². The lowest BCUT2D eigenvalue weighted by atomic mass is 9.95. The number of hydrogen-bond acceptors (Lipinski definition) is 6. The van der Waals surface area contributed by atoms with E-state index in [2.05, 4.69) is 4.90 Å². The summed E-state index contributed by atoms with van der Waals surface area (Å²) < 4.78 is 11.0. The van der Waals surface area contributed by atoms with Gasteiger partial charge in [0.05, 0.1) is 5.70 Å². The highest BCUT2D eigenvalue weighted by atomic mass is 16.6. The summed E-state index contributed by atoms with van der Waals surface area (Å²) in [6, 6.07) is 0. The van der Waals surface area contributed by atoms with Crippen LogP contribution in [0.1, 0.15) is 33.1 Å². The van der Waals surface area contributed by atoms with Gasteiger partial charge in [-0.3, -0.25) is 0 Å². The first-order valence-corrected chi connectivity index (χ1v) is 8.19. The quantitative estimate of drug-likeness (QED) is 0.533. The Labute approximate surface area is 135 Å². The summed E-state index contributed by atoms with van der Waals surface area (Å²) in [6.45, 7) is 5.38. The molecule has 0 aliphatic carbocycles. The highest BCUT2D eigenvalue weighted by molar-refractivity contribution is 5.89. The fraction of sp³-hybridized carbons (Fsp3) is 0.647. The Morgan fingerprint density at radius 2 is 2.09 bits per heavy atom. The zero-order chi connectivity index (χ0) is 16.6. The number of rotatable bonds is 0. The highest BCUT2D eigenvalue weighted by Crippen LogP contribution is 2.35. The predicted molar refractivity (Wildman–Crippen MR) is 82.2 cm³/mol. The van der Waals surface area contributed by atoms with Crippen LogP contribution in [0.5, 0.6) is 0 Å². The molecule has 0 radical (unpaired) electrons. The number of carbonyl (C=O) groups is 2. The lowest BCUT2D eigenvalue weighted by molar-refractivity contribution is -0.156. The van der Waals surface area contributed by atoms with Crippen LogP contribution in [-0.4, -0.2) is 53.8 Å². The number of aliphatic hydroxyl groups is 1. The average molecular weight is 321 g/mol. The van der Waals surface area contributed by atoms with Gasteiger partial charge in [-0.05, 0) is 31.3 Å². The van der Waals surface area contributed by atoms with Crippen LogP contribution in [0.25, 0.3) is 0 Å². The number of cyclic esters (lactones) is 1. The van der Waals surface area contributed by atoms with Gasteiger partial charge in [0.2, 0.25) is 0 Å². The Morgan fingerprint density at radius 3 is 2.83 bits per heavy atom. The fourth-order valence-corrected chi connectivity index (χ4v) is 3.53. The van der Waals surface area contributed by atoms with Gasteiger partial charge in [-0.25, -0.2) is 9.59 Å². The van der Waals surface area contributed by atoms with E-state index in [9.17, 15) is 14.7 Å². The van der Waals surface area contributed by atoms with Crippen LogP contribution in [0, 0.1) is 5.92 Å². The van der Waals surface area contributed by atoms with Crippen LogP contribution in [0.3, 0.4) is 0 Å². The second kappa shape index (κ2) is 6.35. The first kappa shape index (κ1) is 16.1. The molecule has 3 aliphatic heterocycles. The molecule has 126 valence electrons. The molecule has 0 aromatic rings. The molecule has 0 spiro atoms. The minimum atomic E-state index is -1.24. The number of nitrogens with zero attached hydrogens (tertiary/aromatic N) is 1. The van der Waals surface area contributed by atoms with Crippen molar-refractivity contribution in [2.45, 2.75) is 45.3 Å². The molecule has 3 aliphatic rings. The number of carbonyl (C=O) groups excluding carboxylic acids is 2. The summed E-state index contributed by atoms with van der Waals surface area (Å²) in [5, 5.41) is 10.1. The molecule has 0 aromatic heterocycles. The molecule has 0 bridgehead atoms. The van der Waals surface area contributed by atoms with Crippen molar-refractivity contribution in [1.29, 1.82) is 0 Å². The molecular weight excluding hydrogens is 298 g/mol. The molecule has 0 aromatic carbocycles. The minimum Gasteiger partial charge on any atom is -0.459 e. The second-order valence-electron chi connectivity index (χ2n) is 6.46. The van der Waals surface area contributed by atoms with E-state index in [1.165, 1.54) is 0 Å². The van der Waals surface area contributed by atoms with E-state index in [1.807, 2.05) is 0 Å². The van der Waals surface area contributed by atoms with E-state index >= 15 is 0 Å². The van der Waals surface area contributed by atoms with Crippen molar-refractivity contribution in [3.63, 3.8) is 0 Å². The molecular formula is C17H23NO5. The molecule has 1 fully saturated rings. The van der Waals surface area contributed by atoms with Crippen LogP contribution in [0.15, 0.2) is 22.9 Å². The Morgan fingerprint density at radius 1 is 1.30 bits per heavy atom. The SMILES string of the molecule is CC=C1CC(C)C(O)C(=O)OCC2=C3C(CCN3CC2)OC1=O. The van der Waals surface area contributed by atoms with Crippen molar-refractivity contribution >= 4 is 11.9 Å². The van der Waals surface area contributed by atoms with E-state index in [-0.39, 0.29) is 25.1 Å². The molecule has 23 heavy (non-hydrogen) atoms. The van der Waals surface area contributed by atoms with Gasteiger partial charge in [0.1, 0.15) is 12.7 Å². The number of hydrogen-bond donors (Lipinski definition) is 1. The van der Waals surface area contributed by atoms with E-state index in [0.717, 1.165) is 37.2 Å². The molecule has 3 unspecified atom stereocenters. The molecule has 6 heteroatoms. The Balaban J connectivity index is 1.91. The van der Waals surface area contributed by atoms with Crippen molar-refractivity contribution in [2.75, 3.05) is 19.7 Å². The monoisotopic (exact) mass is 321 g/mol. The first-order valence-electron chi connectivity index (χ1n) is 8.19. The Hall–Kier alpha value is -1.82. The van der Waals surface area contributed by atoms with Gasteiger partial charge in [0.15, 0.2) is 6.10 Å². The van der Waals surface area contributed by atoms with Gasteiger partial charge < -0.3 is 19.5 Å². The van der Waals surface area contributed by atoms with Gasteiger partial charge >= 0.3 is 11.9 Å². The largest absolute Gasteiger partial charge is 0.459 e. The number of aliphatic hydroxyl groups excluding tert-OH is 1. The zero-order valence-corrected chi connectivity index (χ0v) is 13.6. The maximum Gasteiger partial charge on any atom is 0.335 e. The van der Waals surface area contributed by atoms with Crippen molar-refractivity contribution in [3.8, 4) is 0 Å². The third-order valence-corrected chi connectivity index (χ3v) is 4.92. The Bertz CT molecular complexity index is 580. The lowest BCUT2D eigenvalue weighted by Gasteiger charge is -2.23. The standard InChI is InChI=1S/C17H23NO5/c1-3-11-8-10(2)15(19)17(21)22-9-12-4-6-18-7-5-13(14(12)18)23-16(11)20/h3,10,13,15,19H,4-9H2,1-2H3. The number of ether oxygens (including phenoxy) is 2. The number of esters is 2. The van der Waals surface area contributed by atoms with Gasteiger partial charge in [-0.1, -0.05) is 13.0 Å². The van der Waals surface area contributed by atoms with Gasteiger partial charge in [0, 0.05) is 25.1 Å². The maximum atomic E-state index is 12.4. The highest BCUT2D eigenvalue weighted by Gasteiger charge is 2.38. The minimum absolute atomic E-state index is 0.166. The summed E-state index contributed by atoms with van der Waals surface area (Å²) in [7, 11) is 0. The third-order valence-electron chi connectivity index (χ3n) is 4.92. The summed E-state index contributed by atoms with van der Waals surface area (Å²) in [5.41, 5.74) is 2.48. The van der Waals surface area contributed by atoms with Crippen molar-refractivity contribution in [3.05, 3.63) is 22.9 Å². The molecule has 1 saturated heterocycles. The van der Waals surface area contributed by atoms with Crippen molar-refractivity contribution < 1.29 is 24.2 Å². The molecule has 1 N–H and O–H groups in total. The molecule has 3 heterocycles. The first-order chi connectivity index (χ1) is 11.0. The lowest BCUT2D eigenvalue weighted by Crippen LogP contribution is -2.32. The summed E-state index contributed by atoms with van der Waals surface area (Å²) in [5.74, 6) is -1.38. The van der Waals surface area contributed by atoms with Gasteiger partial charge in [-0.2, -0.15) is 0 Å². The van der Waals surface area contributed by atoms with Gasteiger partial charge in [0.25, 0.3) is 0 Å². The van der Waals surface area contributed by atoms with Crippen LogP contribution >= 0.6 is 0 Å². The fourth-order valence-electron chi connectivity index (χ4n) is 3.53. The van der Waals surface area contributed by atoms with Crippen LogP contribution in [0.2, 0.25) is 0 Å². The Kier molecular flexibility index (Phi) is 4.43. The maximum absolute atomic E-state index is 12.4. The molecule has 6 nitrogen and oxygen atoms in total. The van der Waals surface area contributed by atoms with Crippen molar-refractivity contribution in [1.82, 2.24) is 4.90 Å². The second-order valence-corrected chi connectivity index (χ2v) is 6.46. The summed E-state index contributed by atoms with van der Waals surface area (Å²) in [6.07, 6.45) is 2.06. The smallest absolute Gasteiger partial charge is 0.335 e. The zero-order valence-electron chi connectivity index (χ0n) is 13.6. The van der Waals surface area contributed by atoms with Crippen LogP contribution < -0.4 is 0 Å². The average Bonchev–Trinajstić information content (AvgIpc) is 3.11. The van der Waals surface area contributed by atoms with Crippen LogP contribution in [0.4, 0.5) is 0 Å². The van der Waals surface area contributed by atoms with E-state index in [1.54, 1.807) is 19.9 Å². The van der Waals surface area contributed by atoms with Crippen molar-refractivity contribution in [2.24, 2.45) is 5.92 Å². The van der Waals surface area contributed by atoms with E-state index in [0.29, 0.717) is 5.57 Å². The van der Waals surface area contributed by atoms with Gasteiger partial charge in [-0.15, -0.1) is 0 Å².